The fraction of sp³-hybridized carbons (Fsp3) is 0.0909. The molecular formula is C66H42N2O4. The number of aromatic nitrogens is 2. The molecule has 0 aliphatic heterocycles. The Kier molecular flexibility index (Phi) is 7.71. The number of hydrogen-bond acceptors (Lipinski definition) is 4. The van der Waals surface area contributed by atoms with Crippen molar-refractivity contribution in [3.8, 4) is 11.4 Å². The molecule has 17 rings (SSSR count). The lowest BCUT2D eigenvalue weighted by Gasteiger charge is -2.29. The lowest BCUT2D eigenvalue weighted by atomic mass is 9.76. The van der Waals surface area contributed by atoms with E-state index in [2.05, 4.69) is 203 Å². The van der Waals surface area contributed by atoms with Gasteiger partial charge < -0.3 is 26.8 Å². The average molecular weight is 927 g/mol. The summed E-state index contributed by atoms with van der Waals surface area (Å²) in [6, 6.07) is 70.0. The number of para-hydroxylation sites is 4. The van der Waals surface area contributed by atoms with Gasteiger partial charge in [-0.05, 0) is 158 Å². The monoisotopic (exact) mass is 926 g/mol. The van der Waals surface area contributed by atoms with E-state index in [9.17, 15) is 0 Å². The van der Waals surface area contributed by atoms with Gasteiger partial charge in [0.25, 0.3) is 0 Å². The van der Waals surface area contributed by atoms with Crippen LogP contribution in [0.4, 0.5) is 0 Å². The molecule has 16 aromatic rings. The molecule has 72 heavy (non-hydrogen) atoms. The Morgan fingerprint density at radius 3 is 0.875 bits per heavy atom. The van der Waals surface area contributed by atoms with Gasteiger partial charge in [0.1, 0.15) is 44.7 Å². The Labute approximate surface area is 410 Å². The van der Waals surface area contributed by atoms with Crippen molar-refractivity contribution in [2.24, 2.45) is 0 Å². The third-order valence-electron chi connectivity index (χ3n) is 16.5. The maximum absolute atomic E-state index is 6.61. The first-order valence-electron chi connectivity index (χ1n) is 25.3. The molecule has 1 saturated carbocycles. The zero-order valence-electron chi connectivity index (χ0n) is 39.0. The smallest absolute Gasteiger partial charge is 0.136 e. The van der Waals surface area contributed by atoms with Crippen LogP contribution in [0.3, 0.4) is 0 Å². The zero-order valence-corrected chi connectivity index (χ0v) is 39.0. The van der Waals surface area contributed by atoms with Gasteiger partial charge in [0.15, 0.2) is 0 Å². The van der Waals surface area contributed by atoms with Crippen molar-refractivity contribution in [1.29, 1.82) is 0 Å². The largest absolute Gasteiger partial charge is 0.456 e. The summed E-state index contributed by atoms with van der Waals surface area (Å²) >= 11 is 0. The molecule has 0 spiro atoms. The second kappa shape index (κ2) is 14.3. The summed E-state index contributed by atoms with van der Waals surface area (Å²) in [5.74, 6) is 0.911. The van der Waals surface area contributed by atoms with E-state index in [4.69, 9.17) is 17.7 Å². The second-order valence-corrected chi connectivity index (χ2v) is 20.2. The number of benzene rings is 10. The lowest BCUT2D eigenvalue weighted by Crippen LogP contribution is -2.12. The fourth-order valence-electron chi connectivity index (χ4n) is 13.2. The van der Waals surface area contributed by atoms with E-state index in [1.807, 2.05) is 0 Å². The number of hydrogen-bond donors (Lipinski definition) is 0. The Morgan fingerprint density at radius 1 is 0.264 bits per heavy atom. The first kappa shape index (κ1) is 38.8. The van der Waals surface area contributed by atoms with Gasteiger partial charge in [-0.15, -0.1) is 0 Å². The number of furan rings is 4. The number of rotatable bonds is 4. The highest BCUT2D eigenvalue weighted by Crippen LogP contribution is 2.47. The highest BCUT2D eigenvalue weighted by molar-refractivity contribution is 6.27. The standard InChI is InChI=1S/C66H42N2O4/c1-5-13-51-43(9-1)44-10-2-6-14-52(44)67(51)41-23-27-57-49(35-41)65-61(71-57)31-29-59-63(65)47-33-39(21-25-55(47)69-59)37-17-19-38(20-18-37)40-22-26-56-48(34-40)64-60(70-56)30-32-62-66(64)50-36-42(24-28-58(50)72-62)68-53-15-7-3-11-45(53)46-12-4-8-16-54(46)68/h1-16,21-38H,17-20H2. The van der Waals surface area contributed by atoms with E-state index in [0.29, 0.717) is 11.8 Å². The van der Waals surface area contributed by atoms with E-state index in [1.54, 1.807) is 0 Å². The van der Waals surface area contributed by atoms with Crippen LogP contribution in [-0.2, 0) is 0 Å². The van der Waals surface area contributed by atoms with E-state index < -0.39 is 0 Å². The molecule has 0 unspecified atom stereocenters. The quantitative estimate of drug-likeness (QED) is 0.176. The van der Waals surface area contributed by atoms with Crippen molar-refractivity contribution in [3.63, 3.8) is 0 Å². The summed E-state index contributed by atoms with van der Waals surface area (Å²) < 4.78 is 31.2. The Bertz CT molecular complexity index is 4540. The topological polar surface area (TPSA) is 62.4 Å². The summed E-state index contributed by atoms with van der Waals surface area (Å²) in [6.07, 6.45) is 4.46. The summed E-state index contributed by atoms with van der Waals surface area (Å²) in [7, 11) is 0. The normalized spacial score (nSPS) is 15.8. The molecule has 0 amide bonds. The van der Waals surface area contributed by atoms with Gasteiger partial charge in [0.2, 0.25) is 0 Å². The molecule has 1 aliphatic rings. The number of nitrogens with zero attached hydrogens (tertiary/aromatic N) is 2. The molecule has 0 atom stereocenters. The predicted octanol–water partition coefficient (Wildman–Crippen LogP) is 18.9. The molecule has 6 heterocycles. The van der Waals surface area contributed by atoms with E-state index in [-0.39, 0.29) is 0 Å². The fourth-order valence-corrected chi connectivity index (χ4v) is 13.2. The minimum Gasteiger partial charge on any atom is -0.456 e. The van der Waals surface area contributed by atoms with Gasteiger partial charge in [-0.2, -0.15) is 0 Å². The molecular weight excluding hydrogens is 885 g/mol. The third-order valence-corrected chi connectivity index (χ3v) is 16.5. The Hall–Kier alpha value is -9.00. The van der Waals surface area contributed by atoms with E-state index in [1.165, 1.54) is 54.7 Å². The van der Waals surface area contributed by atoms with E-state index >= 15 is 0 Å². The number of fused-ring (bicyclic) bond motifs is 20. The van der Waals surface area contributed by atoms with Crippen molar-refractivity contribution < 1.29 is 17.7 Å². The van der Waals surface area contributed by atoms with Gasteiger partial charge in [-0.1, -0.05) is 84.9 Å². The van der Waals surface area contributed by atoms with Gasteiger partial charge in [0, 0.05) is 76.0 Å². The zero-order chi connectivity index (χ0) is 46.8. The van der Waals surface area contributed by atoms with Crippen LogP contribution in [0.15, 0.2) is 212 Å². The van der Waals surface area contributed by atoms with Crippen LogP contribution in [0, 0.1) is 0 Å². The molecule has 0 bridgehead atoms. The molecule has 0 N–H and O–H groups in total. The summed E-state index contributed by atoms with van der Waals surface area (Å²) in [5, 5.41) is 13.9. The van der Waals surface area contributed by atoms with Crippen molar-refractivity contribution in [3.05, 3.63) is 205 Å². The first-order valence-corrected chi connectivity index (χ1v) is 25.3. The minimum absolute atomic E-state index is 0.456. The molecule has 6 heteroatoms. The van der Waals surface area contributed by atoms with Gasteiger partial charge >= 0.3 is 0 Å². The summed E-state index contributed by atoms with van der Waals surface area (Å²) in [4.78, 5) is 0. The van der Waals surface area contributed by atoms with Crippen LogP contribution in [-0.4, -0.2) is 9.13 Å². The van der Waals surface area contributed by atoms with Crippen molar-refractivity contribution in [2.45, 2.75) is 37.5 Å². The molecule has 340 valence electrons. The molecule has 6 nitrogen and oxygen atoms in total. The van der Waals surface area contributed by atoms with Crippen LogP contribution in [0.5, 0.6) is 0 Å². The Morgan fingerprint density at radius 2 is 0.542 bits per heavy atom. The molecule has 10 aromatic carbocycles. The Balaban J connectivity index is 0.723. The van der Waals surface area contributed by atoms with E-state index in [0.717, 1.165) is 125 Å². The van der Waals surface area contributed by atoms with Gasteiger partial charge in [0.05, 0.1) is 22.1 Å². The second-order valence-electron chi connectivity index (χ2n) is 20.2. The molecule has 1 fully saturated rings. The van der Waals surface area contributed by atoms with Gasteiger partial charge in [-0.3, -0.25) is 0 Å². The van der Waals surface area contributed by atoms with Crippen molar-refractivity contribution in [1.82, 2.24) is 9.13 Å². The molecule has 1 aliphatic carbocycles. The van der Waals surface area contributed by atoms with Crippen LogP contribution in [0.1, 0.15) is 48.6 Å². The van der Waals surface area contributed by atoms with Crippen molar-refractivity contribution >= 4 is 131 Å². The average Bonchev–Trinajstić information content (AvgIpc) is 4.29. The van der Waals surface area contributed by atoms with Crippen LogP contribution in [0.2, 0.25) is 0 Å². The molecule has 0 saturated heterocycles. The maximum Gasteiger partial charge on any atom is 0.136 e. The molecule has 6 aromatic heterocycles. The summed E-state index contributed by atoms with van der Waals surface area (Å²) in [6.45, 7) is 0. The minimum atomic E-state index is 0.456. The predicted molar refractivity (Wildman–Crippen MR) is 295 cm³/mol. The highest BCUT2D eigenvalue weighted by Gasteiger charge is 2.27. The maximum atomic E-state index is 6.61. The summed E-state index contributed by atoms with van der Waals surface area (Å²) in [5.41, 5.74) is 16.8. The highest BCUT2D eigenvalue weighted by atomic mass is 16.3. The lowest BCUT2D eigenvalue weighted by molar-refractivity contribution is 0.396. The third kappa shape index (κ3) is 5.33. The van der Waals surface area contributed by atoms with Crippen LogP contribution >= 0.6 is 0 Å². The molecule has 0 radical (unpaired) electrons. The van der Waals surface area contributed by atoms with Gasteiger partial charge in [-0.25, -0.2) is 0 Å². The van der Waals surface area contributed by atoms with Crippen LogP contribution in [0.25, 0.3) is 143 Å². The van der Waals surface area contributed by atoms with Crippen molar-refractivity contribution in [2.75, 3.05) is 0 Å². The first-order chi connectivity index (χ1) is 35.7. The van der Waals surface area contributed by atoms with Crippen LogP contribution < -0.4 is 0 Å². The SMILES string of the molecule is c1ccc2c(c1)c1ccccc1n2-c1ccc2oc3ccc4oc5ccc(C6CCC(c7ccc8oc9ccc%10oc%11ccc(-n%12c%13ccccc%13c%13ccccc%13%12)cc%11c%10c9c8c7)CC6)cc5c4c3c2c1.